The predicted molar refractivity (Wildman–Crippen MR) is 82.7 cm³/mol. The first kappa shape index (κ1) is 14.1. The maximum Gasteiger partial charge on any atom is 0.253 e. The third-order valence-electron chi connectivity index (χ3n) is 3.44. The van der Waals surface area contributed by atoms with Gasteiger partial charge in [-0.15, -0.1) is 0 Å². The minimum absolute atomic E-state index is 0.0315. The number of nitrogens with zero attached hydrogens (tertiary/aromatic N) is 1. The van der Waals surface area contributed by atoms with Crippen LogP contribution < -0.4 is 5.73 Å². The summed E-state index contributed by atoms with van der Waals surface area (Å²) in [6.07, 6.45) is 0.858. The van der Waals surface area contributed by atoms with Crippen molar-refractivity contribution in [3.05, 3.63) is 65.2 Å². The molecule has 0 unspecified atom stereocenters. The number of hydrogen-bond acceptors (Lipinski definition) is 2. The van der Waals surface area contributed by atoms with E-state index in [0.29, 0.717) is 17.8 Å². The van der Waals surface area contributed by atoms with E-state index >= 15 is 0 Å². The lowest BCUT2D eigenvalue weighted by Gasteiger charge is -2.17. The summed E-state index contributed by atoms with van der Waals surface area (Å²) in [6.45, 7) is 2.61. The molecule has 0 heterocycles. The molecule has 2 N–H and O–H groups in total. The van der Waals surface area contributed by atoms with Crippen molar-refractivity contribution in [3.63, 3.8) is 0 Å². The number of hydrogen-bond donors (Lipinski definition) is 1. The lowest BCUT2D eigenvalue weighted by molar-refractivity contribution is 0.0796. The fourth-order valence-electron chi connectivity index (χ4n) is 2.07. The average Bonchev–Trinajstić information content (AvgIpc) is 2.48. The smallest absolute Gasteiger partial charge is 0.253 e. The Bertz CT molecular complexity index is 593. The van der Waals surface area contributed by atoms with Crippen molar-refractivity contribution in [2.75, 3.05) is 19.3 Å². The van der Waals surface area contributed by atoms with Crippen molar-refractivity contribution >= 4 is 11.6 Å². The molecule has 2 rings (SSSR count). The molecular formula is C17H20N2O. The number of carbonyl (C=O) groups excluding carboxylic acids is 1. The summed E-state index contributed by atoms with van der Waals surface area (Å²) in [5.41, 5.74) is 9.35. The second-order valence-electron chi connectivity index (χ2n) is 5.03. The Labute approximate surface area is 120 Å². The zero-order chi connectivity index (χ0) is 14.5. The van der Waals surface area contributed by atoms with Gasteiger partial charge in [0.25, 0.3) is 5.91 Å². The Balaban J connectivity index is 1.99. The van der Waals surface area contributed by atoms with Gasteiger partial charge in [0.1, 0.15) is 0 Å². The summed E-state index contributed by atoms with van der Waals surface area (Å²) in [5, 5.41) is 0. The van der Waals surface area contributed by atoms with Crippen LogP contribution in [0.2, 0.25) is 0 Å². The number of rotatable bonds is 4. The van der Waals surface area contributed by atoms with Gasteiger partial charge in [-0.1, -0.05) is 30.3 Å². The first-order valence-corrected chi connectivity index (χ1v) is 6.73. The molecule has 1 amide bonds. The number of likely N-dealkylation sites (N-methyl/N-ethyl adjacent to an activating group) is 1. The Hall–Kier alpha value is -2.29. The molecule has 0 aliphatic rings. The monoisotopic (exact) mass is 268 g/mol. The Kier molecular flexibility index (Phi) is 4.41. The van der Waals surface area contributed by atoms with Crippen molar-refractivity contribution in [3.8, 4) is 0 Å². The van der Waals surface area contributed by atoms with Gasteiger partial charge in [0.05, 0.1) is 0 Å². The number of anilines is 1. The van der Waals surface area contributed by atoms with Crippen LogP contribution in [0.15, 0.2) is 48.5 Å². The summed E-state index contributed by atoms with van der Waals surface area (Å²) in [6, 6.07) is 15.6. The molecule has 0 bridgehead atoms. The predicted octanol–water partition coefficient (Wildman–Crippen LogP) is 2.89. The molecule has 0 aliphatic carbocycles. The quantitative estimate of drug-likeness (QED) is 0.867. The van der Waals surface area contributed by atoms with E-state index in [9.17, 15) is 4.79 Å². The maximum atomic E-state index is 12.3. The van der Waals surface area contributed by atoms with Crippen LogP contribution in [0.5, 0.6) is 0 Å². The molecule has 0 fully saturated rings. The third kappa shape index (κ3) is 3.38. The first-order valence-electron chi connectivity index (χ1n) is 6.73. The SMILES string of the molecule is Cc1cc(C(=O)N(C)CCc2ccccc2)ccc1N. The maximum absolute atomic E-state index is 12.3. The average molecular weight is 268 g/mol. The normalized spacial score (nSPS) is 10.3. The van der Waals surface area contributed by atoms with Crippen molar-refractivity contribution < 1.29 is 4.79 Å². The topological polar surface area (TPSA) is 46.3 Å². The van der Waals surface area contributed by atoms with Crippen LogP contribution in [0.4, 0.5) is 5.69 Å². The van der Waals surface area contributed by atoms with E-state index in [1.807, 2.05) is 38.2 Å². The van der Waals surface area contributed by atoms with E-state index in [1.54, 1.807) is 17.0 Å². The van der Waals surface area contributed by atoms with Gasteiger partial charge < -0.3 is 10.6 Å². The largest absolute Gasteiger partial charge is 0.399 e. The molecule has 0 aliphatic heterocycles. The van der Waals surface area contributed by atoms with Crippen LogP contribution in [-0.4, -0.2) is 24.4 Å². The van der Waals surface area contributed by atoms with Crippen LogP contribution in [0.1, 0.15) is 21.5 Å². The summed E-state index contributed by atoms with van der Waals surface area (Å²) in [5.74, 6) is 0.0315. The van der Waals surface area contributed by atoms with Gasteiger partial charge in [-0.2, -0.15) is 0 Å². The molecule has 20 heavy (non-hydrogen) atoms. The van der Waals surface area contributed by atoms with Crippen molar-refractivity contribution in [1.82, 2.24) is 4.90 Å². The van der Waals surface area contributed by atoms with Gasteiger partial charge in [0.2, 0.25) is 0 Å². The molecule has 0 saturated carbocycles. The fraction of sp³-hybridized carbons (Fsp3) is 0.235. The summed E-state index contributed by atoms with van der Waals surface area (Å²) >= 11 is 0. The van der Waals surface area contributed by atoms with Gasteiger partial charge in [-0.3, -0.25) is 4.79 Å². The summed E-state index contributed by atoms with van der Waals surface area (Å²) in [4.78, 5) is 14.1. The molecule has 0 spiro atoms. The standard InChI is InChI=1S/C17H20N2O/c1-13-12-15(8-9-16(13)18)17(20)19(2)11-10-14-6-4-3-5-7-14/h3-9,12H,10-11,18H2,1-2H3. The zero-order valence-electron chi connectivity index (χ0n) is 12.0. The van der Waals surface area contributed by atoms with Crippen LogP contribution in [0.3, 0.4) is 0 Å². The highest BCUT2D eigenvalue weighted by Gasteiger charge is 2.12. The van der Waals surface area contributed by atoms with Crippen LogP contribution in [-0.2, 0) is 6.42 Å². The van der Waals surface area contributed by atoms with E-state index in [1.165, 1.54) is 5.56 Å². The van der Waals surface area contributed by atoms with E-state index in [-0.39, 0.29) is 5.91 Å². The Morgan fingerprint density at radius 1 is 1.15 bits per heavy atom. The molecule has 0 saturated heterocycles. The number of amides is 1. The molecule has 104 valence electrons. The molecule has 0 atom stereocenters. The van der Waals surface area contributed by atoms with Crippen molar-refractivity contribution in [2.24, 2.45) is 0 Å². The van der Waals surface area contributed by atoms with Gasteiger partial charge in [-0.05, 0) is 42.7 Å². The molecule has 2 aromatic rings. The van der Waals surface area contributed by atoms with Gasteiger partial charge in [0.15, 0.2) is 0 Å². The fourth-order valence-corrected chi connectivity index (χ4v) is 2.07. The Morgan fingerprint density at radius 2 is 1.85 bits per heavy atom. The molecule has 3 nitrogen and oxygen atoms in total. The van der Waals surface area contributed by atoms with Gasteiger partial charge in [0, 0.05) is 24.8 Å². The molecular weight excluding hydrogens is 248 g/mol. The first-order chi connectivity index (χ1) is 9.58. The van der Waals surface area contributed by atoms with Crippen molar-refractivity contribution in [2.45, 2.75) is 13.3 Å². The number of aryl methyl sites for hydroxylation is 1. The number of nitrogens with two attached hydrogens (primary N) is 1. The highest BCUT2D eigenvalue weighted by molar-refractivity contribution is 5.94. The summed E-state index contributed by atoms with van der Waals surface area (Å²) < 4.78 is 0. The van der Waals surface area contributed by atoms with Gasteiger partial charge >= 0.3 is 0 Å². The highest BCUT2D eigenvalue weighted by Crippen LogP contribution is 2.14. The minimum atomic E-state index is 0.0315. The van der Waals surface area contributed by atoms with E-state index in [4.69, 9.17) is 5.73 Å². The van der Waals surface area contributed by atoms with Crippen molar-refractivity contribution in [1.29, 1.82) is 0 Å². The highest BCUT2D eigenvalue weighted by atomic mass is 16.2. The lowest BCUT2D eigenvalue weighted by atomic mass is 10.1. The van der Waals surface area contributed by atoms with Crippen LogP contribution in [0.25, 0.3) is 0 Å². The van der Waals surface area contributed by atoms with Gasteiger partial charge in [-0.25, -0.2) is 0 Å². The molecule has 3 heteroatoms. The molecule has 0 radical (unpaired) electrons. The Morgan fingerprint density at radius 3 is 2.50 bits per heavy atom. The second kappa shape index (κ2) is 6.24. The van der Waals surface area contributed by atoms with Crippen LogP contribution >= 0.6 is 0 Å². The van der Waals surface area contributed by atoms with E-state index in [2.05, 4.69) is 12.1 Å². The lowest BCUT2D eigenvalue weighted by Crippen LogP contribution is -2.28. The van der Waals surface area contributed by atoms with E-state index < -0.39 is 0 Å². The molecule has 2 aromatic carbocycles. The number of benzene rings is 2. The van der Waals surface area contributed by atoms with E-state index in [0.717, 1.165) is 12.0 Å². The van der Waals surface area contributed by atoms with Crippen LogP contribution in [0, 0.1) is 6.92 Å². The zero-order valence-corrected chi connectivity index (χ0v) is 12.0. The minimum Gasteiger partial charge on any atom is -0.399 e. The molecule has 0 aromatic heterocycles. The summed E-state index contributed by atoms with van der Waals surface area (Å²) in [7, 11) is 1.83. The number of carbonyl (C=O) groups is 1. The number of nitrogen functional groups attached to an aromatic ring is 1. The second-order valence-corrected chi connectivity index (χ2v) is 5.03. The third-order valence-corrected chi connectivity index (χ3v) is 3.44.